The van der Waals surface area contributed by atoms with E-state index in [1.54, 1.807) is 24.3 Å². The Kier molecular flexibility index (Phi) is 9.78. The Morgan fingerprint density at radius 1 is 0.667 bits per heavy atom. The summed E-state index contributed by atoms with van der Waals surface area (Å²) in [6.07, 6.45) is -12.2. The van der Waals surface area contributed by atoms with E-state index >= 15 is 0 Å². The van der Waals surface area contributed by atoms with Gasteiger partial charge in [-0.3, -0.25) is 0 Å². The van der Waals surface area contributed by atoms with Gasteiger partial charge in [0, 0.05) is 6.07 Å². The molecule has 0 saturated carbocycles. The Balaban J connectivity index is 1.47. The zero-order chi connectivity index (χ0) is 28.3. The maximum absolute atomic E-state index is 10.5. The van der Waals surface area contributed by atoms with E-state index < -0.39 is 74.4 Å². The van der Waals surface area contributed by atoms with E-state index in [1.807, 2.05) is 18.2 Å². The second-order valence-electron chi connectivity index (χ2n) is 9.83. The summed E-state index contributed by atoms with van der Waals surface area (Å²) in [5, 5.41) is 79.9. The molecule has 0 spiro atoms. The molecular formula is C27H36O12. The van der Waals surface area contributed by atoms with Crippen LogP contribution in [0.25, 0.3) is 0 Å². The van der Waals surface area contributed by atoms with Crippen molar-refractivity contribution in [2.75, 3.05) is 20.3 Å². The Labute approximate surface area is 225 Å². The first-order valence-electron chi connectivity index (χ1n) is 12.7. The van der Waals surface area contributed by atoms with Crippen molar-refractivity contribution in [1.82, 2.24) is 0 Å². The third-order valence-corrected chi connectivity index (χ3v) is 7.15. The highest BCUT2D eigenvalue weighted by molar-refractivity contribution is 5.39. The molecule has 8 N–H and O–H groups in total. The molecule has 12 nitrogen and oxygen atoms in total. The standard InChI is InChI=1S/C27H36O12/c1-36-16-8-14(9-17(10-16)37-27-25(35)23(33)21(31)19(12-29)39-27)6-5-13-3-2-4-15(7-13)26-24(34)22(32)20(30)18(11-28)38-26/h2-4,7-10,18-35H,5-6,11-12H2,1H3. The third-order valence-electron chi connectivity index (χ3n) is 7.15. The van der Waals surface area contributed by atoms with E-state index in [0.29, 0.717) is 24.2 Å². The highest BCUT2D eigenvalue weighted by Crippen LogP contribution is 2.33. The molecule has 0 amide bonds. The lowest BCUT2D eigenvalue weighted by molar-refractivity contribution is -0.277. The normalized spacial score (nSPS) is 35.0. The van der Waals surface area contributed by atoms with Crippen LogP contribution in [0.2, 0.25) is 0 Å². The van der Waals surface area contributed by atoms with Gasteiger partial charge >= 0.3 is 0 Å². The number of hydrogen-bond acceptors (Lipinski definition) is 12. The number of aryl methyl sites for hydroxylation is 2. The van der Waals surface area contributed by atoms with E-state index in [9.17, 15) is 40.9 Å². The smallest absolute Gasteiger partial charge is 0.229 e. The zero-order valence-electron chi connectivity index (χ0n) is 21.4. The summed E-state index contributed by atoms with van der Waals surface area (Å²) in [6, 6.07) is 12.3. The van der Waals surface area contributed by atoms with E-state index in [1.165, 1.54) is 7.11 Å². The fourth-order valence-corrected chi connectivity index (χ4v) is 4.85. The van der Waals surface area contributed by atoms with Crippen molar-refractivity contribution in [2.24, 2.45) is 0 Å². The summed E-state index contributed by atoms with van der Waals surface area (Å²) in [5.74, 6) is 0.755. The molecule has 2 heterocycles. The predicted molar refractivity (Wildman–Crippen MR) is 134 cm³/mol. The van der Waals surface area contributed by atoms with Gasteiger partial charge in [0.25, 0.3) is 0 Å². The van der Waals surface area contributed by atoms with Crippen LogP contribution in [0.1, 0.15) is 22.8 Å². The number of rotatable bonds is 9. The molecule has 2 fully saturated rings. The highest BCUT2D eigenvalue weighted by Gasteiger charge is 2.45. The minimum atomic E-state index is -1.57. The van der Waals surface area contributed by atoms with Gasteiger partial charge in [-0.05, 0) is 41.7 Å². The average molecular weight is 553 g/mol. The molecule has 10 unspecified atom stereocenters. The monoisotopic (exact) mass is 552 g/mol. The minimum Gasteiger partial charge on any atom is -0.497 e. The summed E-state index contributed by atoms with van der Waals surface area (Å²) in [4.78, 5) is 0. The lowest BCUT2D eigenvalue weighted by Crippen LogP contribution is -2.60. The molecule has 2 aromatic rings. The van der Waals surface area contributed by atoms with Gasteiger partial charge in [-0.1, -0.05) is 24.3 Å². The van der Waals surface area contributed by atoms with Gasteiger partial charge in [0.2, 0.25) is 6.29 Å². The maximum atomic E-state index is 10.5. The van der Waals surface area contributed by atoms with Crippen molar-refractivity contribution in [3.63, 3.8) is 0 Å². The van der Waals surface area contributed by atoms with Gasteiger partial charge in [0.1, 0.15) is 66.4 Å². The highest BCUT2D eigenvalue weighted by atomic mass is 16.7. The summed E-state index contributed by atoms with van der Waals surface area (Å²) < 4.78 is 22.2. The van der Waals surface area contributed by atoms with Gasteiger partial charge < -0.3 is 59.8 Å². The molecule has 12 heteroatoms. The van der Waals surface area contributed by atoms with E-state index in [4.69, 9.17) is 18.9 Å². The molecule has 0 aliphatic carbocycles. The van der Waals surface area contributed by atoms with Crippen molar-refractivity contribution >= 4 is 0 Å². The molecule has 2 aliphatic rings. The second kappa shape index (κ2) is 12.9. The van der Waals surface area contributed by atoms with Crippen LogP contribution in [-0.4, -0.2) is 116 Å². The minimum absolute atomic E-state index is 0.281. The Morgan fingerprint density at radius 2 is 1.28 bits per heavy atom. The first-order valence-corrected chi connectivity index (χ1v) is 12.7. The number of aliphatic hydroxyl groups is 8. The van der Waals surface area contributed by atoms with Crippen LogP contribution < -0.4 is 9.47 Å². The van der Waals surface area contributed by atoms with Crippen molar-refractivity contribution < 1.29 is 59.8 Å². The predicted octanol–water partition coefficient (Wildman–Crippen LogP) is -1.83. The van der Waals surface area contributed by atoms with Crippen LogP contribution in [0, 0.1) is 0 Å². The van der Waals surface area contributed by atoms with Crippen molar-refractivity contribution in [1.29, 1.82) is 0 Å². The molecule has 0 radical (unpaired) electrons. The number of aliphatic hydroxyl groups excluding tert-OH is 8. The second-order valence-corrected chi connectivity index (χ2v) is 9.83. The Hall–Kier alpha value is -2.36. The lowest BCUT2D eigenvalue weighted by Gasteiger charge is -2.40. The number of methoxy groups -OCH3 is 1. The quantitative estimate of drug-likeness (QED) is 0.173. The van der Waals surface area contributed by atoms with Crippen molar-refractivity contribution in [3.05, 3.63) is 59.2 Å². The largest absolute Gasteiger partial charge is 0.497 e. The summed E-state index contributed by atoms with van der Waals surface area (Å²) in [6.45, 7) is -1.08. The van der Waals surface area contributed by atoms with Gasteiger partial charge in [0.15, 0.2) is 0 Å². The van der Waals surface area contributed by atoms with Gasteiger partial charge in [-0.2, -0.15) is 0 Å². The lowest BCUT2D eigenvalue weighted by atomic mass is 9.90. The summed E-state index contributed by atoms with van der Waals surface area (Å²) in [7, 11) is 1.49. The SMILES string of the molecule is COc1cc(CCc2cccc(C3OC(CO)C(O)C(O)C3O)c2)cc(OC2OC(CO)C(O)C(O)C2O)c1. The van der Waals surface area contributed by atoms with Crippen LogP contribution >= 0.6 is 0 Å². The zero-order valence-corrected chi connectivity index (χ0v) is 21.4. The molecule has 39 heavy (non-hydrogen) atoms. The van der Waals surface area contributed by atoms with Crippen LogP contribution in [-0.2, 0) is 22.3 Å². The molecule has 4 rings (SSSR count). The molecule has 0 bridgehead atoms. The van der Waals surface area contributed by atoms with Gasteiger partial charge in [0.05, 0.1) is 20.3 Å². The summed E-state index contributed by atoms with van der Waals surface area (Å²) in [5.41, 5.74) is 2.29. The third kappa shape index (κ3) is 6.52. The molecule has 0 aromatic heterocycles. The first-order chi connectivity index (χ1) is 18.7. The molecule has 2 aromatic carbocycles. The number of hydrogen-bond donors (Lipinski definition) is 8. The molecule has 10 atom stereocenters. The van der Waals surface area contributed by atoms with Crippen LogP contribution in [0.4, 0.5) is 0 Å². The van der Waals surface area contributed by atoms with Crippen molar-refractivity contribution in [3.8, 4) is 11.5 Å². The fraction of sp³-hybridized carbons (Fsp3) is 0.556. The van der Waals surface area contributed by atoms with E-state index in [0.717, 1.165) is 11.1 Å². The maximum Gasteiger partial charge on any atom is 0.229 e. The van der Waals surface area contributed by atoms with Crippen LogP contribution in [0.5, 0.6) is 11.5 Å². The number of benzene rings is 2. The average Bonchev–Trinajstić information content (AvgIpc) is 2.95. The van der Waals surface area contributed by atoms with E-state index in [2.05, 4.69) is 0 Å². The van der Waals surface area contributed by atoms with Crippen LogP contribution in [0.15, 0.2) is 42.5 Å². The van der Waals surface area contributed by atoms with E-state index in [-0.39, 0.29) is 5.75 Å². The number of ether oxygens (including phenoxy) is 4. The van der Waals surface area contributed by atoms with Gasteiger partial charge in [-0.25, -0.2) is 0 Å². The molecule has 216 valence electrons. The molecular weight excluding hydrogens is 516 g/mol. The van der Waals surface area contributed by atoms with Gasteiger partial charge in [-0.15, -0.1) is 0 Å². The summed E-state index contributed by atoms with van der Waals surface area (Å²) >= 11 is 0. The first kappa shape index (κ1) is 29.6. The molecule has 2 aliphatic heterocycles. The van der Waals surface area contributed by atoms with Crippen molar-refractivity contribution in [2.45, 2.75) is 74.1 Å². The Morgan fingerprint density at radius 3 is 1.95 bits per heavy atom. The topological polar surface area (TPSA) is 199 Å². The molecule has 2 saturated heterocycles. The Bertz CT molecular complexity index is 1080. The van der Waals surface area contributed by atoms with Crippen LogP contribution in [0.3, 0.4) is 0 Å². The fourth-order valence-electron chi connectivity index (χ4n) is 4.85.